The number of carbonyl (C=O) groups is 1. The first-order valence-electron chi connectivity index (χ1n) is 5.36. The minimum atomic E-state index is -0.855. The molecule has 0 aliphatic carbocycles. The SMILES string of the molecule is CC(=O)CC(C[N+](=O)[O-])c1cc(Cl)ccc1[N+](=O)[O-]. The molecule has 1 rings (SSSR count). The number of hydrogen-bond acceptors (Lipinski definition) is 5. The number of nitro benzene ring substituents is 1. The van der Waals surface area contributed by atoms with Crippen LogP contribution in [0.2, 0.25) is 5.02 Å². The second kappa shape index (κ2) is 6.24. The Balaban J connectivity index is 3.26. The van der Waals surface area contributed by atoms with Gasteiger partial charge in [-0.25, -0.2) is 0 Å². The summed E-state index contributed by atoms with van der Waals surface area (Å²) in [5, 5.41) is 21.8. The van der Waals surface area contributed by atoms with Crippen molar-refractivity contribution >= 4 is 23.1 Å². The van der Waals surface area contributed by atoms with Crippen molar-refractivity contribution in [1.29, 1.82) is 0 Å². The maximum atomic E-state index is 11.1. The van der Waals surface area contributed by atoms with E-state index in [2.05, 4.69) is 0 Å². The fraction of sp³-hybridized carbons (Fsp3) is 0.364. The lowest BCUT2D eigenvalue weighted by atomic mass is 9.92. The Morgan fingerprint density at radius 2 is 2.00 bits per heavy atom. The Morgan fingerprint density at radius 1 is 1.37 bits per heavy atom. The third-order valence-electron chi connectivity index (χ3n) is 2.53. The van der Waals surface area contributed by atoms with E-state index in [0.29, 0.717) is 0 Å². The molecule has 0 aliphatic rings. The summed E-state index contributed by atoms with van der Waals surface area (Å²) < 4.78 is 0. The van der Waals surface area contributed by atoms with Gasteiger partial charge in [0.1, 0.15) is 5.78 Å². The Kier molecular flexibility index (Phi) is 4.94. The number of halogens is 1. The molecule has 0 aromatic heterocycles. The van der Waals surface area contributed by atoms with E-state index in [1.165, 1.54) is 25.1 Å². The van der Waals surface area contributed by atoms with Crippen LogP contribution in [0.15, 0.2) is 18.2 Å². The van der Waals surface area contributed by atoms with Gasteiger partial charge in [-0.3, -0.25) is 20.2 Å². The van der Waals surface area contributed by atoms with Crippen LogP contribution in [0.5, 0.6) is 0 Å². The predicted octanol–water partition coefficient (Wildman–Crippen LogP) is 2.59. The molecule has 0 saturated heterocycles. The van der Waals surface area contributed by atoms with Gasteiger partial charge in [-0.05, 0) is 19.1 Å². The summed E-state index contributed by atoms with van der Waals surface area (Å²) in [6.45, 7) is 0.726. The van der Waals surface area contributed by atoms with Gasteiger partial charge in [0.05, 0.1) is 10.8 Å². The molecule has 0 spiro atoms. The maximum absolute atomic E-state index is 11.1. The van der Waals surface area contributed by atoms with Gasteiger partial charge in [0.15, 0.2) is 0 Å². The Bertz CT molecular complexity index is 516. The minimum Gasteiger partial charge on any atom is -0.300 e. The van der Waals surface area contributed by atoms with Gasteiger partial charge in [0.2, 0.25) is 6.54 Å². The summed E-state index contributed by atoms with van der Waals surface area (Å²) in [6, 6.07) is 3.82. The number of rotatable bonds is 6. The van der Waals surface area contributed by atoms with Crippen LogP contribution in [0.4, 0.5) is 5.69 Å². The molecule has 0 fully saturated rings. The second-order valence-corrected chi connectivity index (χ2v) is 4.52. The fourth-order valence-electron chi connectivity index (χ4n) is 1.82. The zero-order valence-corrected chi connectivity index (χ0v) is 10.8. The van der Waals surface area contributed by atoms with E-state index >= 15 is 0 Å². The smallest absolute Gasteiger partial charge is 0.273 e. The zero-order chi connectivity index (χ0) is 14.6. The standard InChI is InChI=1S/C11H11ClN2O5/c1-7(15)4-8(6-13(16)17)10-5-9(12)2-3-11(10)14(18)19/h2-3,5,8H,4,6H2,1H3. The predicted molar refractivity (Wildman–Crippen MR) is 68.0 cm³/mol. The van der Waals surface area contributed by atoms with Gasteiger partial charge in [0, 0.05) is 28.0 Å². The molecule has 102 valence electrons. The fourth-order valence-corrected chi connectivity index (χ4v) is 2.00. The zero-order valence-electron chi connectivity index (χ0n) is 10.0. The molecule has 1 aromatic rings. The highest BCUT2D eigenvalue weighted by Crippen LogP contribution is 2.31. The Labute approximate surface area is 113 Å². The lowest BCUT2D eigenvalue weighted by molar-refractivity contribution is -0.483. The lowest BCUT2D eigenvalue weighted by Gasteiger charge is -2.12. The first-order chi connectivity index (χ1) is 8.81. The molecule has 19 heavy (non-hydrogen) atoms. The minimum absolute atomic E-state index is 0.115. The van der Waals surface area contributed by atoms with Gasteiger partial charge < -0.3 is 4.79 Å². The lowest BCUT2D eigenvalue weighted by Crippen LogP contribution is -2.16. The highest BCUT2D eigenvalue weighted by Gasteiger charge is 2.27. The molecule has 0 aliphatic heterocycles. The molecule has 0 amide bonds. The van der Waals surface area contributed by atoms with Crippen molar-refractivity contribution in [1.82, 2.24) is 0 Å². The first-order valence-corrected chi connectivity index (χ1v) is 5.74. The summed E-state index contributed by atoms with van der Waals surface area (Å²) in [6.07, 6.45) is -0.137. The summed E-state index contributed by atoms with van der Waals surface area (Å²) >= 11 is 5.76. The van der Waals surface area contributed by atoms with Gasteiger partial charge in [0.25, 0.3) is 5.69 Å². The highest BCUT2D eigenvalue weighted by molar-refractivity contribution is 6.30. The molecular weight excluding hydrogens is 276 g/mol. The average molecular weight is 287 g/mol. The van der Waals surface area contributed by atoms with Gasteiger partial charge in [-0.15, -0.1) is 0 Å². The molecule has 7 nitrogen and oxygen atoms in total. The number of hydrogen-bond donors (Lipinski definition) is 0. The molecule has 0 saturated carbocycles. The molecule has 0 radical (unpaired) electrons. The van der Waals surface area contributed by atoms with Gasteiger partial charge in [-0.2, -0.15) is 0 Å². The van der Waals surface area contributed by atoms with Crippen LogP contribution in [-0.2, 0) is 4.79 Å². The normalized spacial score (nSPS) is 11.9. The van der Waals surface area contributed by atoms with Gasteiger partial charge in [-0.1, -0.05) is 11.6 Å². The second-order valence-electron chi connectivity index (χ2n) is 4.08. The van der Waals surface area contributed by atoms with Crippen LogP contribution in [0.1, 0.15) is 24.8 Å². The summed E-state index contributed by atoms with van der Waals surface area (Å²) in [5.41, 5.74) is -0.151. The van der Waals surface area contributed by atoms with E-state index in [1.807, 2.05) is 0 Å². The number of benzene rings is 1. The number of nitrogens with zero attached hydrogens (tertiary/aromatic N) is 2. The quantitative estimate of drug-likeness (QED) is 0.590. The monoisotopic (exact) mass is 286 g/mol. The van der Waals surface area contributed by atoms with Crippen molar-refractivity contribution in [2.75, 3.05) is 6.54 Å². The van der Waals surface area contributed by atoms with Crippen molar-refractivity contribution in [3.05, 3.63) is 49.0 Å². The molecule has 0 heterocycles. The van der Waals surface area contributed by atoms with E-state index in [1.54, 1.807) is 0 Å². The van der Waals surface area contributed by atoms with E-state index in [9.17, 15) is 25.0 Å². The molecule has 0 bridgehead atoms. The summed E-state index contributed by atoms with van der Waals surface area (Å²) in [4.78, 5) is 31.4. The Hall–Kier alpha value is -2.02. The van der Waals surface area contributed by atoms with Crippen LogP contribution in [0.3, 0.4) is 0 Å². The summed E-state index contributed by atoms with van der Waals surface area (Å²) in [7, 11) is 0. The number of ketones is 1. The third kappa shape index (κ3) is 4.29. The molecule has 1 atom stereocenters. The third-order valence-corrected chi connectivity index (χ3v) is 2.76. The van der Waals surface area contributed by atoms with Crippen LogP contribution < -0.4 is 0 Å². The average Bonchev–Trinajstić information content (AvgIpc) is 2.26. The molecule has 1 unspecified atom stereocenters. The van der Waals surface area contributed by atoms with Crippen LogP contribution in [0.25, 0.3) is 0 Å². The number of nitro groups is 2. The van der Waals surface area contributed by atoms with E-state index < -0.39 is 22.3 Å². The van der Waals surface area contributed by atoms with Crippen molar-refractivity contribution < 1.29 is 14.6 Å². The molecule has 1 aromatic carbocycles. The Morgan fingerprint density at radius 3 is 2.47 bits per heavy atom. The van der Waals surface area contributed by atoms with E-state index in [4.69, 9.17) is 11.6 Å². The molecule has 0 N–H and O–H groups in total. The van der Waals surface area contributed by atoms with Crippen LogP contribution in [0, 0.1) is 20.2 Å². The van der Waals surface area contributed by atoms with Crippen LogP contribution >= 0.6 is 11.6 Å². The highest BCUT2D eigenvalue weighted by atomic mass is 35.5. The summed E-state index contributed by atoms with van der Waals surface area (Å²) in [5.74, 6) is -1.13. The van der Waals surface area contributed by atoms with Crippen molar-refractivity contribution in [2.24, 2.45) is 0 Å². The van der Waals surface area contributed by atoms with Crippen LogP contribution in [-0.4, -0.2) is 22.2 Å². The van der Waals surface area contributed by atoms with E-state index in [0.717, 1.165) is 0 Å². The van der Waals surface area contributed by atoms with Crippen molar-refractivity contribution in [2.45, 2.75) is 19.3 Å². The number of Topliss-reactive ketones (excluding diaryl/α,β-unsaturated/α-hetero) is 1. The maximum Gasteiger partial charge on any atom is 0.273 e. The van der Waals surface area contributed by atoms with Crippen molar-refractivity contribution in [3.63, 3.8) is 0 Å². The van der Waals surface area contributed by atoms with Gasteiger partial charge >= 0.3 is 0 Å². The van der Waals surface area contributed by atoms with Crippen molar-refractivity contribution in [3.8, 4) is 0 Å². The molecular formula is C11H11ClN2O5. The first kappa shape index (κ1) is 15.0. The van der Waals surface area contributed by atoms with E-state index in [-0.39, 0.29) is 28.5 Å². The molecule has 8 heteroatoms. The topological polar surface area (TPSA) is 103 Å². The largest absolute Gasteiger partial charge is 0.300 e. The number of carbonyl (C=O) groups excluding carboxylic acids is 1.